The van der Waals surface area contributed by atoms with Gasteiger partial charge in [-0.3, -0.25) is 0 Å². The van der Waals surface area contributed by atoms with Gasteiger partial charge in [0.25, 0.3) is 0 Å². The molecule has 0 aliphatic rings. The van der Waals surface area contributed by atoms with E-state index in [1.807, 2.05) is 54.6 Å². The van der Waals surface area contributed by atoms with Crippen molar-refractivity contribution >= 4 is 21.7 Å². The fourth-order valence-electron chi connectivity index (χ4n) is 2.18. The van der Waals surface area contributed by atoms with Gasteiger partial charge in [0, 0.05) is 28.7 Å². The van der Waals surface area contributed by atoms with Crippen molar-refractivity contribution < 1.29 is 0 Å². The zero-order chi connectivity index (χ0) is 16.1. The van der Waals surface area contributed by atoms with Crippen molar-refractivity contribution in [2.45, 2.75) is 0 Å². The summed E-state index contributed by atoms with van der Waals surface area (Å²) in [5.74, 6) is 1.26. The molecule has 2 aromatic carbocycles. The van der Waals surface area contributed by atoms with Crippen LogP contribution >= 0.6 is 15.9 Å². The van der Waals surface area contributed by atoms with E-state index in [2.05, 4.69) is 36.4 Å². The molecule has 0 bridgehead atoms. The molecular weight excluding hydrogens is 354 g/mol. The minimum Gasteiger partial charge on any atom is -0.367 e. The summed E-state index contributed by atoms with van der Waals surface area (Å²) in [5, 5.41) is 11.9. The number of nitrogens with one attached hydrogen (secondary N) is 1. The third-order valence-electron chi connectivity index (χ3n) is 3.25. The maximum absolute atomic E-state index is 5.60. The topological polar surface area (TPSA) is 76.7 Å². The summed E-state index contributed by atoms with van der Waals surface area (Å²) < 4.78 is 0.974. The van der Waals surface area contributed by atoms with Crippen LogP contribution in [0.2, 0.25) is 0 Å². The highest BCUT2D eigenvalue weighted by Gasteiger charge is 2.12. The lowest BCUT2D eigenvalue weighted by molar-refractivity contribution is 0.959. The number of rotatable bonds is 5. The number of benzene rings is 2. The first-order valence-corrected chi connectivity index (χ1v) is 8.07. The predicted molar refractivity (Wildman–Crippen MR) is 95.9 cm³/mol. The Morgan fingerprint density at radius 3 is 2.48 bits per heavy atom. The Morgan fingerprint density at radius 2 is 1.74 bits per heavy atom. The van der Waals surface area contributed by atoms with Gasteiger partial charge < -0.3 is 11.1 Å². The van der Waals surface area contributed by atoms with E-state index in [9.17, 15) is 0 Å². The quantitative estimate of drug-likeness (QED) is 0.721. The van der Waals surface area contributed by atoms with Crippen molar-refractivity contribution in [1.29, 1.82) is 0 Å². The molecule has 0 amide bonds. The standard InChI is InChI=1S/C17H16BrN5/c18-14-8-4-7-13(11-14)16-21-17(20-10-9-19)15(22-23-16)12-5-2-1-3-6-12/h1-8,11H,9-10,19H2,(H,20,21,23). The molecule has 0 spiro atoms. The average Bonchev–Trinajstić information content (AvgIpc) is 2.60. The van der Waals surface area contributed by atoms with E-state index in [0.717, 1.165) is 21.3 Å². The fourth-order valence-corrected chi connectivity index (χ4v) is 2.58. The first-order chi connectivity index (χ1) is 11.3. The Morgan fingerprint density at radius 1 is 0.957 bits per heavy atom. The molecule has 116 valence electrons. The second-order valence-electron chi connectivity index (χ2n) is 4.92. The highest BCUT2D eigenvalue weighted by Crippen LogP contribution is 2.26. The molecule has 23 heavy (non-hydrogen) atoms. The van der Waals surface area contributed by atoms with E-state index in [1.165, 1.54) is 0 Å². The van der Waals surface area contributed by atoms with Crippen LogP contribution in [-0.2, 0) is 0 Å². The molecule has 1 aromatic heterocycles. The lowest BCUT2D eigenvalue weighted by Gasteiger charge is -2.11. The van der Waals surface area contributed by atoms with Gasteiger partial charge in [-0.1, -0.05) is 58.4 Å². The average molecular weight is 370 g/mol. The van der Waals surface area contributed by atoms with Crippen molar-refractivity contribution in [3.05, 3.63) is 59.1 Å². The van der Waals surface area contributed by atoms with Gasteiger partial charge >= 0.3 is 0 Å². The summed E-state index contributed by atoms with van der Waals surface area (Å²) in [6, 6.07) is 17.7. The second-order valence-corrected chi connectivity index (χ2v) is 5.84. The van der Waals surface area contributed by atoms with Crippen LogP contribution in [0.5, 0.6) is 0 Å². The van der Waals surface area contributed by atoms with Crippen LogP contribution in [0.3, 0.4) is 0 Å². The molecule has 0 atom stereocenters. The van der Waals surface area contributed by atoms with Crippen molar-refractivity contribution in [2.75, 3.05) is 18.4 Å². The molecule has 5 nitrogen and oxygen atoms in total. The van der Waals surface area contributed by atoms with Gasteiger partial charge in [0.05, 0.1) is 0 Å². The highest BCUT2D eigenvalue weighted by atomic mass is 79.9. The van der Waals surface area contributed by atoms with Crippen LogP contribution in [0.1, 0.15) is 0 Å². The maximum Gasteiger partial charge on any atom is 0.183 e. The van der Waals surface area contributed by atoms with Crippen LogP contribution in [0.15, 0.2) is 59.1 Å². The van der Waals surface area contributed by atoms with E-state index < -0.39 is 0 Å². The normalized spacial score (nSPS) is 10.5. The first-order valence-electron chi connectivity index (χ1n) is 7.28. The molecule has 0 aliphatic carbocycles. The lowest BCUT2D eigenvalue weighted by atomic mass is 10.1. The van der Waals surface area contributed by atoms with Gasteiger partial charge in [-0.25, -0.2) is 4.98 Å². The lowest BCUT2D eigenvalue weighted by Crippen LogP contribution is -2.15. The number of halogens is 1. The second kappa shape index (κ2) is 7.30. The maximum atomic E-state index is 5.60. The Hall–Kier alpha value is -2.31. The molecule has 0 fully saturated rings. The fraction of sp³-hybridized carbons (Fsp3) is 0.118. The zero-order valence-corrected chi connectivity index (χ0v) is 14.0. The smallest absolute Gasteiger partial charge is 0.183 e. The van der Waals surface area contributed by atoms with E-state index in [4.69, 9.17) is 5.73 Å². The molecule has 0 unspecified atom stereocenters. The summed E-state index contributed by atoms with van der Waals surface area (Å²) in [5.41, 5.74) is 8.19. The van der Waals surface area contributed by atoms with E-state index in [1.54, 1.807) is 0 Å². The number of nitrogens with two attached hydrogens (primary N) is 1. The van der Waals surface area contributed by atoms with Crippen LogP contribution in [0, 0.1) is 0 Å². The number of hydrogen-bond acceptors (Lipinski definition) is 5. The van der Waals surface area contributed by atoms with Crippen molar-refractivity contribution in [3.63, 3.8) is 0 Å². The number of nitrogens with zero attached hydrogens (tertiary/aromatic N) is 3. The van der Waals surface area contributed by atoms with E-state index in [0.29, 0.717) is 24.7 Å². The Labute approximate surface area is 143 Å². The Balaban J connectivity index is 2.05. The molecule has 6 heteroatoms. The van der Waals surface area contributed by atoms with Crippen LogP contribution < -0.4 is 11.1 Å². The minimum atomic E-state index is 0.518. The third kappa shape index (κ3) is 3.72. The number of anilines is 1. The van der Waals surface area contributed by atoms with Crippen molar-refractivity contribution in [2.24, 2.45) is 5.73 Å². The molecule has 3 rings (SSSR count). The first kappa shape index (κ1) is 15.6. The summed E-state index contributed by atoms with van der Waals surface area (Å²) in [6.45, 7) is 1.14. The Bertz CT molecular complexity index is 792. The van der Waals surface area contributed by atoms with Crippen LogP contribution in [0.4, 0.5) is 5.82 Å². The molecule has 0 saturated carbocycles. The van der Waals surface area contributed by atoms with Gasteiger partial charge in [-0.15, -0.1) is 10.2 Å². The molecule has 0 radical (unpaired) electrons. The van der Waals surface area contributed by atoms with Crippen LogP contribution in [-0.4, -0.2) is 28.3 Å². The summed E-state index contributed by atoms with van der Waals surface area (Å²) in [6.07, 6.45) is 0. The van der Waals surface area contributed by atoms with Gasteiger partial charge in [0.2, 0.25) is 0 Å². The monoisotopic (exact) mass is 369 g/mol. The SMILES string of the molecule is NCCNc1nc(-c2cccc(Br)c2)nnc1-c1ccccc1. The van der Waals surface area contributed by atoms with E-state index >= 15 is 0 Å². The van der Waals surface area contributed by atoms with Crippen LogP contribution in [0.25, 0.3) is 22.6 Å². The highest BCUT2D eigenvalue weighted by molar-refractivity contribution is 9.10. The summed E-state index contributed by atoms with van der Waals surface area (Å²) in [7, 11) is 0. The number of aromatic nitrogens is 3. The van der Waals surface area contributed by atoms with E-state index in [-0.39, 0.29) is 0 Å². The van der Waals surface area contributed by atoms with Crippen molar-refractivity contribution in [3.8, 4) is 22.6 Å². The summed E-state index contributed by atoms with van der Waals surface area (Å²) >= 11 is 3.46. The van der Waals surface area contributed by atoms with Gasteiger partial charge in [-0.05, 0) is 12.1 Å². The number of hydrogen-bond donors (Lipinski definition) is 2. The Kier molecular flexibility index (Phi) is 4.95. The van der Waals surface area contributed by atoms with Gasteiger partial charge in [-0.2, -0.15) is 0 Å². The minimum absolute atomic E-state index is 0.518. The molecular formula is C17H16BrN5. The molecule has 3 aromatic rings. The van der Waals surface area contributed by atoms with Crippen molar-refractivity contribution in [1.82, 2.24) is 15.2 Å². The molecule has 0 saturated heterocycles. The summed E-state index contributed by atoms with van der Waals surface area (Å²) in [4.78, 5) is 4.64. The predicted octanol–water partition coefficient (Wildman–Crippen LogP) is 3.34. The van der Waals surface area contributed by atoms with Gasteiger partial charge in [0.1, 0.15) is 5.69 Å². The molecule has 1 heterocycles. The molecule has 3 N–H and O–H groups in total. The molecule has 0 aliphatic heterocycles. The zero-order valence-electron chi connectivity index (χ0n) is 12.4. The largest absolute Gasteiger partial charge is 0.367 e. The van der Waals surface area contributed by atoms with Gasteiger partial charge in [0.15, 0.2) is 11.6 Å². The third-order valence-corrected chi connectivity index (χ3v) is 3.75.